The molecule has 24 heavy (non-hydrogen) atoms. The second kappa shape index (κ2) is 5.72. The number of aromatic amines is 1. The highest BCUT2D eigenvalue weighted by Crippen LogP contribution is 2.34. The Labute approximate surface area is 141 Å². The zero-order valence-corrected chi connectivity index (χ0v) is 14.1. The van der Waals surface area contributed by atoms with Gasteiger partial charge in [-0.2, -0.15) is 0 Å². The summed E-state index contributed by atoms with van der Waals surface area (Å²) in [6.07, 6.45) is 4.09. The maximum absolute atomic E-state index is 13.5. The first-order valence-electron chi connectivity index (χ1n) is 8.69. The molecule has 1 amide bonds. The van der Waals surface area contributed by atoms with Gasteiger partial charge in [-0.3, -0.25) is 4.79 Å². The van der Waals surface area contributed by atoms with E-state index in [9.17, 15) is 9.18 Å². The molecule has 2 heterocycles. The van der Waals surface area contributed by atoms with Crippen LogP contribution in [0.1, 0.15) is 42.5 Å². The van der Waals surface area contributed by atoms with Crippen molar-refractivity contribution in [3.63, 3.8) is 0 Å². The average molecular weight is 327 g/mol. The zero-order chi connectivity index (χ0) is 16.8. The van der Waals surface area contributed by atoms with Gasteiger partial charge in [0, 0.05) is 29.8 Å². The number of benzene rings is 1. The van der Waals surface area contributed by atoms with E-state index in [1.807, 2.05) is 11.8 Å². The fraction of sp³-hybridized carbons (Fsp3) is 0.474. The lowest BCUT2D eigenvalue weighted by molar-refractivity contribution is -0.123. The molecule has 4 nitrogen and oxygen atoms in total. The molecule has 0 fully saturated rings. The van der Waals surface area contributed by atoms with Crippen LogP contribution in [0.2, 0.25) is 0 Å². The third kappa shape index (κ3) is 2.52. The van der Waals surface area contributed by atoms with Gasteiger partial charge in [0.2, 0.25) is 5.91 Å². The van der Waals surface area contributed by atoms with Crippen molar-refractivity contribution >= 4 is 11.6 Å². The Balaban J connectivity index is 1.63. The summed E-state index contributed by atoms with van der Waals surface area (Å²) in [5, 5.41) is 0. The Morgan fingerprint density at radius 1 is 1.33 bits per heavy atom. The number of H-pyrrole nitrogens is 1. The summed E-state index contributed by atoms with van der Waals surface area (Å²) in [4.78, 5) is 22.9. The maximum atomic E-state index is 13.5. The number of hydrogen-bond donors (Lipinski definition) is 1. The van der Waals surface area contributed by atoms with Crippen LogP contribution >= 0.6 is 0 Å². The highest BCUT2D eigenvalue weighted by Gasteiger charge is 2.35. The summed E-state index contributed by atoms with van der Waals surface area (Å²) in [5.41, 5.74) is 4.02. The van der Waals surface area contributed by atoms with Crippen LogP contribution in [-0.2, 0) is 24.1 Å². The van der Waals surface area contributed by atoms with E-state index in [4.69, 9.17) is 0 Å². The normalized spacial score (nSPS) is 22.9. The lowest BCUT2D eigenvalue weighted by atomic mass is 9.87. The van der Waals surface area contributed by atoms with Crippen molar-refractivity contribution in [1.29, 1.82) is 0 Å². The molecular formula is C19H22FN3O. The molecule has 1 aliphatic carbocycles. The Morgan fingerprint density at radius 3 is 3.00 bits per heavy atom. The molecule has 4 rings (SSSR count). The van der Waals surface area contributed by atoms with Gasteiger partial charge in [-0.25, -0.2) is 9.37 Å². The van der Waals surface area contributed by atoms with Gasteiger partial charge in [0.25, 0.3) is 0 Å². The van der Waals surface area contributed by atoms with Crippen LogP contribution in [-0.4, -0.2) is 21.9 Å². The summed E-state index contributed by atoms with van der Waals surface area (Å²) in [6, 6.07) is 4.93. The van der Waals surface area contributed by atoms with Crippen LogP contribution in [0.4, 0.5) is 10.1 Å². The van der Waals surface area contributed by atoms with Crippen LogP contribution in [0.5, 0.6) is 0 Å². The molecule has 0 bridgehead atoms. The predicted octanol–water partition coefficient (Wildman–Crippen LogP) is 3.33. The maximum Gasteiger partial charge on any atom is 0.230 e. The van der Waals surface area contributed by atoms with E-state index < -0.39 is 0 Å². The Hall–Kier alpha value is -2.17. The van der Waals surface area contributed by atoms with E-state index in [2.05, 4.69) is 16.9 Å². The van der Waals surface area contributed by atoms with Crippen LogP contribution in [0.3, 0.4) is 0 Å². The highest BCUT2D eigenvalue weighted by atomic mass is 19.1. The molecule has 1 N–H and O–H groups in total. The minimum Gasteiger partial charge on any atom is -0.346 e. The number of carbonyl (C=O) groups is 1. The van der Waals surface area contributed by atoms with E-state index >= 15 is 0 Å². The first-order valence-corrected chi connectivity index (χ1v) is 8.69. The Morgan fingerprint density at radius 2 is 2.17 bits per heavy atom. The fourth-order valence-electron chi connectivity index (χ4n) is 4.09. The summed E-state index contributed by atoms with van der Waals surface area (Å²) in [5.74, 6) is 0.815. The van der Waals surface area contributed by atoms with Crippen molar-refractivity contribution < 1.29 is 9.18 Å². The molecule has 0 saturated heterocycles. The van der Waals surface area contributed by atoms with Gasteiger partial charge in [-0.05, 0) is 63.3 Å². The molecule has 5 heteroatoms. The van der Waals surface area contributed by atoms with Crippen LogP contribution in [0, 0.1) is 18.7 Å². The monoisotopic (exact) mass is 327 g/mol. The third-order valence-corrected chi connectivity index (χ3v) is 5.32. The van der Waals surface area contributed by atoms with Crippen molar-refractivity contribution in [3.05, 3.63) is 46.8 Å². The number of aromatic nitrogens is 2. The number of amides is 1. The number of rotatable bonds is 1. The molecule has 0 saturated carbocycles. The van der Waals surface area contributed by atoms with Crippen molar-refractivity contribution in [2.45, 2.75) is 52.0 Å². The number of fused-ring (bicyclic) bond motifs is 2. The van der Waals surface area contributed by atoms with E-state index in [1.54, 1.807) is 12.1 Å². The van der Waals surface area contributed by atoms with Gasteiger partial charge >= 0.3 is 0 Å². The number of carbonyl (C=O) groups excluding carboxylic acids is 1. The molecule has 0 spiro atoms. The molecule has 126 valence electrons. The second-order valence-electron chi connectivity index (χ2n) is 7.06. The average Bonchev–Trinajstić information content (AvgIpc) is 2.93. The van der Waals surface area contributed by atoms with Crippen LogP contribution in [0.15, 0.2) is 18.2 Å². The lowest BCUT2D eigenvalue weighted by Gasteiger charge is -2.38. The molecule has 0 radical (unpaired) electrons. The Bertz CT molecular complexity index is 798. The minimum atomic E-state index is -0.231. The first kappa shape index (κ1) is 15.4. The van der Waals surface area contributed by atoms with E-state index in [0.29, 0.717) is 0 Å². The summed E-state index contributed by atoms with van der Waals surface area (Å²) in [7, 11) is 0. The van der Waals surface area contributed by atoms with Gasteiger partial charge in [0.15, 0.2) is 0 Å². The molecule has 1 aliphatic heterocycles. The number of halogens is 1. The van der Waals surface area contributed by atoms with Gasteiger partial charge in [0.05, 0.1) is 5.69 Å². The topological polar surface area (TPSA) is 49.0 Å². The van der Waals surface area contributed by atoms with Crippen molar-refractivity contribution in [1.82, 2.24) is 9.97 Å². The standard InChI is InChI=1S/C19H22FN3O/c1-11-3-4-13-9-15(20)6-8-18(13)23(11)19(24)14-5-7-16-17(10-14)22-12(2)21-16/h6,8-9,11,14H,3-5,7,10H2,1-2H3,(H,21,22)/t11-,14-/m1/s1. The van der Waals surface area contributed by atoms with Gasteiger partial charge in [-0.15, -0.1) is 0 Å². The van der Waals surface area contributed by atoms with Crippen LogP contribution in [0.25, 0.3) is 0 Å². The zero-order valence-electron chi connectivity index (χ0n) is 14.1. The molecule has 1 aromatic heterocycles. The predicted molar refractivity (Wildman–Crippen MR) is 90.5 cm³/mol. The molecule has 2 aromatic rings. The van der Waals surface area contributed by atoms with E-state index in [-0.39, 0.29) is 23.7 Å². The molecular weight excluding hydrogens is 305 g/mol. The molecule has 0 unspecified atom stereocenters. The molecule has 2 aliphatic rings. The summed E-state index contributed by atoms with van der Waals surface area (Å²) < 4.78 is 13.5. The van der Waals surface area contributed by atoms with Crippen LogP contribution < -0.4 is 4.90 Å². The van der Waals surface area contributed by atoms with E-state index in [1.165, 1.54) is 6.07 Å². The fourth-order valence-corrected chi connectivity index (χ4v) is 4.09. The third-order valence-electron chi connectivity index (χ3n) is 5.32. The first-order chi connectivity index (χ1) is 11.5. The molecule has 2 atom stereocenters. The number of aryl methyl sites for hydroxylation is 3. The van der Waals surface area contributed by atoms with Crippen molar-refractivity contribution in [3.8, 4) is 0 Å². The lowest BCUT2D eigenvalue weighted by Crippen LogP contribution is -2.46. The molecule has 1 aromatic carbocycles. The smallest absolute Gasteiger partial charge is 0.230 e. The summed E-state index contributed by atoms with van der Waals surface area (Å²) >= 11 is 0. The number of imidazole rings is 1. The van der Waals surface area contributed by atoms with Gasteiger partial charge < -0.3 is 9.88 Å². The number of nitrogens with zero attached hydrogens (tertiary/aromatic N) is 2. The van der Waals surface area contributed by atoms with Crippen molar-refractivity contribution in [2.24, 2.45) is 5.92 Å². The number of nitrogens with one attached hydrogen (secondary N) is 1. The second-order valence-corrected chi connectivity index (χ2v) is 7.06. The highest BCUT2D eigenvalue weighted by molar-refractivity contribution is 5.97. The van der Waals surface area contributed by atoms with E-state index in [0.717, 1.165) is 60.6 Å². The van der Waals surface area contributed by atoms with Crippen molar-refractivity contribution in [2.75, 3.05) is 4.90 Å². The van der Waals surface area contributed by atoms with Gasteiger partial charge in [-0.1, -0.05) is 0 Å². The number of anilines is 1. The largest absolute Gasteiger partial charge is 0.346 e. The minimum absolute atomic E-state index is 0.0317. The quantitative estimate of drug-likeness (QED) is 0.873. The summed E-state index contributed by atoms with van der Waals surface area (Å²) in [6.45, 7) is 4.03. The number of hydrogen-bond acceptors (Lipinski definition) is 2. The SMILES string of the molecule is Cc1nc2c([nH]1)C[C@H](C(=O)N1c3ccc(F)cc3CC[C@H]1C)CC2. The van der Waals surface area contributed by atoms with Gasteiger partial charge in [0.1, 0.15) is 11.6 Å². The Kier molecular flexibility index (Phi) is 3.66.